The number of rotatable bonds is 6. The van der Waals surface area contributed by atoms with Crippen LogP contribution in [-0.4, -0.2) is 45.7 Å². The zero-order chi connectivity index (χ0) is 25.3. The number of piperazine rings is 1. The second-order valence-corrected chi connectivity index (χ2v) is 9.81. The standard InChI is InChI=1S/C28H35N5O2/c1-7-24(21-8-11-23(12-9-21)35-18(2)3)32-16-20(5)33(17-19(32)4)26-14-27(34)31(6)25-13-10-22(15-29)30-28(25)26/h8-14,18-20,24H,7,16-17H2,1-6H3/t19-,20+,24?/m1/s1. The lowest BCUT2D eigenvalue weighted by atomic mass is 9.97. The zero-order valence-corrected chi connectivity index (χ0v) is 21.5. The van der Waals surface area contributed by atoms with Crippen molar-refractivity contribution in [1.82, 2.24) is 14.5 Å². The molecule has 7 nitrogen and oxygen atoms in total. The summed E-state index contributed by atoms with van der Waals surface area (Å²) in [5.41, 5.74) is 3.82. The Bertz CT molecular complexity index is 1290. The van der Waals surface area contributed by atoms with Gasteiger partial charge in [-0.05, 0) is 63.9 Å². The summed E-state index contributed by atoms with van der Waals surface area (Å²) in [5, 5.41) is 9.40. The van der Waals surface area contributed by atoms with Gasteiger partial charge >= 0.3 is 0 Å². The molecule has 3 atom stereocenters. The molecule has 1 fully saturated rings. The Hall–Kier alpha value is -3.37. The molecule has 7 heteroatoms. The van der Waals surface area contributed by atoms with Crippen molar-refractivity contribution in [3.05, 3.63) is 64.1 Å². The van der Waals surface area contributed by atoms with E-state index in [-0.39, 0.29) is 23.7 Å². The molecule has 0 saturated carbocycles. The van der Waals surface area contributed by atoms with Gasteiger partial charge in [-0.1, -0.05) is 19.1 Å². The van der Waals surface area contributed by atoms with Crippen LogP contribution in [0.15, 0.2) is 47.3 Å². The monoisotopic (exact) mass is 473 g/mol. The Balaban J connectivity index is 1.64. The molecular weight excluding hydrogens is 438 g/mol. The fourth-order valence-electron chi connectivity index (χ4n) is 5.22. The van der Waals surface area contributed by atoms with E-state index in [0.29, 0.717) is 17.3 Å². The van der Waals surface area contributed by atoms with Gasteiger partial charge in [-0.15, -0.1) is 0 Å². The van der Waals surface area contributed by atoms with Crippen molar-refractivity contribution in [3.8, 4) is 11.8 Å². The maximum Gasteiger partial charge on any atom is 0.252 e. The SMILES string of the molecule is CCC(c1ccc(OC(C)C)cc1)N1C[C@H](C)N(c2cc(=O)n(C)c3ccc(C#N)nc23)C[C@H]1C. The highest BCUT2D eigenvalue weighted by molar-refractivity contribution is 5.89. The van der Waals surface area contributed by atoms with Crippen LogP contribution in [0.2, 0.25) is 0 Å². The number of hydrogen-bond donors (Lipinski definition) is 0. The highest BCUT2D eigenvalue weighted by atomic mass is 16.5. The summed E-state index contributed by atoms with van der Waals surface area (Å²) < 4.78 is 7.42. The van der Waals surface area contributed by atoms with Crippen molar-refractivity contribution in [2.75, 3.05) is 18.0 Å². The van der Waals surface area contributed by atoms with Crippen LogP contribution in [-0.2, 0) is 7.05 Å². The number of benzene rings is 1. The van der Waals surface area contributed by atoms with Gasteiger partial charge in [0.2, 0.25) is 0 Å². The van der Waals surface area contributed by atoms with E-state index in [4.69, 9.17) is 4.74 Å². The minimum Gasteiger partial charge on any atom is -0.491 e. The molecule has 0 N–H and O–H groups in total. The third-order valence-electron chi connectivity index (χ3n) is 6.95. The number of aryl methyl sites for hydroxylation is 1. The summed E-state index contributed by atoms with van der Waals surface area (Å²) in [5.74, 6) is 0.895. The van der Waals surface area contributed by atoms with Crippen molar-refractivity contribution in [1.29, 1.82) is 5.26 Å². The van der Waals surface area contributed by atoms with E-state index in [2.05, 4.69) is 65.9 Å². The Morgan fingerprint density at radius 2 is 1.83 bits per heavy atom. The molecule has 35 heavy (non-hydrogen) atoms. The molecule has 3 aromatic rings. The quantitative estimate of drug-likeness (QED) is 0.519. The lowest BCUT2D eigenvalue weighted by Gasteiger charge is -2.48. The van der Waals surface area contributed by atoms with E-state index in [1.165, 1.54) is 5.56 Å². The zero-order valence-electron chi connectivity index (χ0n) is 21.5. The lowest BCUT2D eigenvalue weighted by molar-refractivity contribution is 0.107. The molecule has 3 heterocycles. The molecule has 0 bridgehead atoms. The number of nitriles is 1. The molecular formula is C28H35N5O2. The number of nitrogens with zero attached hydrogens (tertiary/aromatic N) is 5. The van der Waals surface area contributed by atoms with Gasteiger partial charge in [0.25, 0.3) is 5.56 Å². The second-order valence-electron chi connectivity index (χ2n) is 9.81. The van der Waals surface area contributed by atoms with Gasteiger partial charge in [0, 0.05) is 44.3 Å². The van der Waals surface area contributed by atoms with E-state index < -0.39 is 0 Å². The van der Waals surface area contributed by atoms with Crippen molar-refractivity contribution in [3.63, 3.8) is 0 Å². The van der Waals surface area contributed by atoms with Gasteiger partial charge in [0.1, 0.15) is 23.0 Å². The van der Waals surface area contributed by atoms with Crippen LogP contribution in [0.1, 0.15) is 58.3 Å². The van der Waals surface area contributed by atoms with Crippen LogP contribution in [0, 0.1) is 11.3 Å². The summed E-state index contributed by atoms with van der Waals surface area (Å²) in [7, 11) is 1.75. The first-order chi connectivity index (χ1) is 16.7. The molecule has 4 rings (SSSR count). The van der Waals surface area contributed by atoms with Crippen LogP contribution in [0.4, 0.5) is 5.69 Å². The molecule has 1 aromatic carbocycles. The highest BCUT2D eigenvalue weighted by Gasteiger charge is 2.34. The van der Waals surface area contributed by atoms with E-state index in [1.54, 1.807) is 23.7 Å². The van der Waals surface area contributed by atoms with Crippen LogP contribution in [0.3, 0.4) is 0 Å². The Labute approximate surface area is 207 Å². The molecule has 1 aliphatic heterocycles. The predicted octanol–water partition coefficient (Wildman–Crippen LogP) is 4.64. The molecule has 0 aliphatic carbocycles. The Morgan fingerprint density at radius 3 is 2.46 bits per heavy atom. The summed E-state index contributed by atoms with van der Waals surface area (Å²) >= 11 is 0. The number of ether oxygens (including phenoxy) is 1. The van der Waals surface area contributed by atoms with E-state index in [0.717, 1.165) is 36.5 Å². The van der Waals surface area contributed by atoms with E-state index in [9.17, 15) is 10.1 Å². The predicted molar refractivity (Wildman–Crippen MR) is 140 cm³/mol. The lowest BCUT2D eigenvalue weighted by Crippen LogP contribution is -2.57. The van der Waals surface area contributed by atoms with Crippen LogP contribution < -0.4 is 15.2 Å². The Morgan fingerprint density at radius 1 is 1.11 bits per heavy atom. The first-order valence-corrected chi connectivity index (χ1v) is 12.4. The molecule has 1 aliphatic rings. The van der Waals surface area contributed by atoms with Gasteiger partial charge in [-0.2, -0.15) is 5.26 Å². The van der Waals surface area contributed by atoms with Gasteiger partial charge < -0.3 is 14.2 Å². The summed E-state index contributed by atoms with van der Waals surface area (Å²) in [4.78, 5) is 22.2. The van der Waals surface area contributed by atoms with Gasteiger partial charge in [0.15, 0.2) is 0 Å². The third kappa shape index (κ3) is 4.89. The maximum atomic E-state index is 12.8. The summed E-state index contributed by atoms with van der Waals surface area (Å²) in [6, 6.07) is 16.5. The van der Waals surface area contributed by atoms with E-state index >= 15 is 0 Å². The van der Waals surface area contributed by atoms with Crippen molar-refractivity contribution < 1.29 is 4.74 Å². The summed E-state index contributed by atoms with van der Waals surface area (Å²) in [6.45, 7) is 12.4. The number of pyridine rings is 2. The number of hydrogen-bond acceptors (Lipinski definition) is 6. The smallest absolute Gasteiger partial charge is 0.252 e. The Kier molecular flexibility index (Phi) is 7.13. The maximum absolute atomic E-state index is 12.8. The summed E-state index contributed by atoms with van der Waals surface area (Å²) in [6.07, 6.45) is 1.16. The molecule has 1 unspecified atom stereocenters. The number of aromatic nitrogens is 2. The average molecular weight is 474 g/mol. The minimum atomic E-state index is -0.0727. The second kappa shape index (κ2) is 10.1. The first kappa shape index (κ1) is 24.7. The van der Waals surface area contributed by atoms with E-state index in [1.807, 2.05) is 19.9 Å². The van der Waals surface area contributed by atoms with Crippen LogP contribution in [0.5, 0.6) is 5.75 Å². The molecule has 0 spiro atoms. The normalized spacial score (nSPS) is 19.7. The number of fused-ring (bicyclic) bond motifs is 1. The average Bonchev–Trinajstić information content (AvgIpc) is 2.84. The molecule has 184 valence electrons. The van der Waals surface area contributed by atoms with Gasteiger partial charge in [-0.3, -0.25) is 9.69 Å². The van der Waals surface area contributed by atoms with Crippen LogP contribution >= 0.6 is 0 Å². The topological polar surface area (TPSA) is 74.4 Å². The largest absolute Gasteiger partial charge is 0.491 e. The minimum absolute atomic E-state index is 0.0727. The van der Waals surface area contributed by atoms with Crippen molar-refractivity contribution >= 4 is 16.7 Å². The molecule has 2 aromatic heterocycles. The first-order valence-electron chi connectivity index (χ1n) is 12.4. The third-order valence-corrected chi connectivity index (χ3v) is 6.95. The molecule has 1 saturated heterocycles. The highest BCUT2D eigenvalue weighted by Crippen LogP contribution is 2.34. The fourth-order valence-corrected chi connectivity index (χ4v) is 5.22. The van der Waals surface area contributed by atoms with Crippen molar-refractivity contribution in [2.24, 2.45) is 7.05 Å². The fraction of sp³-hybridized carbons (Fsp3) is 0.464. The van der Waals surface area contributed by atoms with Gasteiger partial charge in [-0.25, -0.2) is 4.98 Å². The number of anilines is 1. The molecule has 0 amide bonds. The molecule has 0 radical (unpaired) electrons. The van der Waals surface area contributed by atoms with Gasteiger partial charge in [0.05, 0.1) is 17.3 Å². The van der Waals surface area contributed by atoms with Crippen molar-refractivity contribution in [2.45, 2.75) is 65.3 Å². The van der Waals surface area contributed by atoms with Crippen LogP contribution in [0.25, 0.3) is 11.0 Å².